The van der Waals surface area contributed by atoms with E-state index in [2.05, 4.69) is 15.2 Å². The zero-order chi connectivity index (χ0) is 25.9. The molecule has 0 radical (unpaired) electrons. The molecule has 1 saturated heterocycles. The fraction of sp³-hybridized carbons (Fsp3) is 0.440. The number of pyridine rings is 1. The van der Waals surface area contributed by atoms with Gasteiger partial charge in [-0.1, -0.05) is 18.2 Å². The van der Waals surface area contributed by atoms with Crippen LogP contribution in [0.3, 0.4) is 0 Å². The summed E-state index contributed by atoms with van der Waals surface area (Å²) in [5.41, 5.74) is 2.02. The van der Waals surface area contributed by atoms with Gasteiger partial charge in [0.15, 0.2) is 6.10 Å². The predicted octanol–water partition coefficient (Wildman–Crippen LogP) is 2.96. The molecule has 2 unspecified atom stereocenters. The molecule has 1 saturated carbocycles. The van der Waals surface area contributed by atoms with Crippen molar-refractivity contribution in [3.63, 3.8) is 0 Å². The zero-order valence-electron chi connectivity index (χ0n) is 19.9. The van der Waals surface area contributed by atoms with Gasteiger partial charge in [0.1, 0.15) is 18.2 Å². The molecule has 37 heavy (non-hydrogen) atoms. The van der Waals surface area contributed by atoms with E-state index < -0.39 is 29.6 Å². The van der Waals surface area contributed by atoms with Crippen LogP contribution in [0.4, 0.5) is 18.9 Å². The summed E-state index contributed by atoms with van der Waals surface area (Å²) in [7, 11) is 0. The summed E-state index contributed by atoms with van der Waals surface area (Å²) in [6.07, 6.45) is -4.49. The summed E-state index contributed by atoms with van der Waals surface area (Å²) in [6, 6.07) is 9.59. The third kappa shape index (κ3) is 3.81. The Labute approximate surface area is 209 Å². The number of para-hydroxylation sites is 1. The molecular formula is C25H24F3N5O4. The minimum atomic E-state index is -4.59. The Kier molecular flexibility index (Phi) is 5.41. The number of alkyl halides is 3. The van der Waals surface area contributed by atoms with E-state index in [1.165, 1.54) is 11.8 Å². The summed E-state index contributed by atoms with van der Waals surface area (Å²) in [4.78, 5) is 33.8. The van der Waals surface area contributed by atoms with E-state index in [0.29, 0.717) is 29.9 Å². The molecule has 2 fully saturated rings. The fourth-order valence-corrected chi connectivity index (χ4v) is 5.73. The first-order valence-corrected chi connectivity index (χ1v) is 12.0. The lowest BCUT2D eigenvalue weighted by molar-refractivity contribution is -0.249. The standard InChI is InChI=1S/C25H24F3N5O4/c1-14-22(25(26,27)28)36-9-8-32(14)21(34)13-33-19-5-3-2-4-16(19)24(23(33)35)10-15(11-24)37-20-7-6-17-18(30-20)12-29-31-17/h2-7,12,14-15,22H,8-11,13H2,1H3,(H,29,31). The molecule has 1 aliphatic carbocycles. The maximum absolute atomic E-state index is 13.7. The molecule has 2 aliphatic heterocycles. The average Bonchev–Trinajstić information content (AvgIpc) is 3.40. The van der Waals surface area contributed by atoms with E-state index in [1.54, 1.807) is 24.4 Å². The second-order valence-electron chi connectivity index (χ2n) is 9.75. The SMILES string of the molecule is CC1C(C(F)(F)F)OCCN1C(=O)CN1C(=O)C2(CC(Oc3ccc4[nH]ncc4n3)C2)c2ccccc21. The third-order valence-corrected chi connectivity index (χ3v) is 7.57. The van der Waals surface area contributed by atoms with Crippen LogP contribution in [0.5, 0.6) is 5.88 Å². The lowest BCUT2D eigenvalue weighted by Gasteiger charge is -2.43. The Hall–Kier alpha value is -3.67. The first-order valence-electron chi connectivity index (χ1n) is 12.0. The van der Waals surface area contributed by atoms with E-state index >= 15 is 0 Å². The van der Waals surface area contributed by atoms with Crippen LogP contribution in [-0.2, 0) is 19.7 Å². The molecule has 2 aromatic heterocycles. The van der Waals surface area contributed by atoms with Gasteiger partial charge >= 0.3 is 6.18 Å². The monoisotopic (exact) mass is 515 g/mol. The van der Waals surface area contributed by atoms with Gasteiger partial charge in [-0.15, -0.1) is 0 Å². The zero-order valence-corrected chi connectivity index (χ0v) is 19.9. The first-order chi connectivity index (χ1) is 17.7. The second kappa shape index (κ2) is 8.44. The minimum absolute atomic E-state index is 0.0331. The molecule has 0 bridgehead atoms. The number of hydrogen-bond acceptors (Lipinski definition) is 6. The largest absolute Gasteiger partial charge is 0.474 e. The number of anilines is 1. The number of carbonyl (C=O) groups excluding carboxylic acids is 2. The topological polar surface area (TPSA) is 101 Å². The molecular weight excluding hydrogens is 491 g/mol. The van der Waals surface area contributed by atoms with E-state index in [0.717, 1.165) is 16.0 Å². The molecule has 4 heterocycles. The fourth-order valence-electron chi connectivity index (χ4n) is 5.73. The molecule has 3 aliphatic rings. The van der Waals surface area contributed by atoms with Gasteiger partial charge < -0.3 is 19.3 Å². The molecule has 2 amide bonds. The maximum atomic E-state index is 13.7. The smallest absolute Gasteiger partial charge is 0.416 e. The van der Waals surface area contributed by atoms with Crippen LogP contribution in [0.1, 0.15) is 25.3 Å². The number of ether oxygens (including phenoxy) is 2. The Morgan fingerprint density at radius 3 is 2.81 bits per heavy atom. The van der Waals surface area contributed by atoms with Crippen molar-refractivity contribution in [3.05, 3.63) is 48.2 Å². The van der Waals surface area contributed by atoms with Crippen LogP contribution in [0.25, 0.3) is 11.0 Å². The number of nitrogens with one attached hydrogen (secondary N) is 1. The lowest BCUT2D eigenvalue weighted by atomic mass is 9.63. The number of aromatic nitrogens is 3. The van der Waals surface area contributed by atoms with Crippen molar-refractivity contribution >= 4 is 28.5 Å². The Morgan fingerprint density at radius 1 is 1.24 bits per heavy atom. The number of halogens is 3. The molecule has 1 N–H and O–H groups in total. The summed E-state index contributed by atoms with van der Waals surface area (Å²) < 4.78 is 51.0. The van der Waals surface area contributed by atoms with Crippen LogP contribution in [0.2, 0.25) is 0 Å². The van der Waals surface area contributed by atoms with Gasteiger partial charge in [-0.3, -0.25) is 14.7 Å². The van der Waals surface area contributed by atoms with Gasteiger partial charge in [0.2, 0.25) is 17.7 Å². The Balaban J connectivity index is 1.18. The number of benzene rings is 1. The van der Waals surface area contributed by atoms with Crippen LogP contribution in [0.15, 0.2) is 42.6 Å². The molecule has 12 heteroatoms. The van der Waals surface area contributed by atoms with E-state index in [-0.39, 0.29) is 31.7 Å². The summed E-state index contributed by atoms with van der Waals surface area (Å²) in [6.45, 7) is 0.799. The van der Waals surface area contributed by atoms with Crippen molar-refractivity contribution < 1.29 is 32.2 Å². The van der Waals surface area contributed by atoms with Crippen molar-refractivity contribution in [1.29, 1.82) is 0 Å². The summed E-state index contributed by atoms with van der Waals surface area (Å²) in [5.74, 6) is -0.358. The van der Waals surface area contributed by atoms with E-state index in [9.17, 15) is 22.8 Å². The number of rotatable bonds is 4. The summed E-state index contributed by atoms with van der Waals surface area (Å²) >= 11 is 0. The molecule has 9 nitrogen and oxygen atoms in total. The lowest BCUT2D eigenvalue weighted by Crippen LogP contribution is -2.59. The van der Waals surface area contributed by atoms with Gasteiger partial charge in [-0.25, -0.2) is 4.98 Å². The summed E-state index contributed by atoms with van der Waals surface area (Å²) in [5, 5.41) is 6.78. The molecule has 6 rings (SSSR count). The number of aromatic amines is 1. The van der Waals surface area contributed by atoms with Crippen LogP contribution in [0, 0.1) is 0 Å². The number of morpholine rings is 1. The van der Waals surface area contributed by atoms with Gasteiger partial charge in [0, 0.05) is 31.1 Å². The predicted molar refractivity (Wildman–Crippen MR) is 125 cm³/mol. The number of amides is 2. The quantitative estimate of drug-likeness (QED) is 0.574. The van der Waals surface area contributed by atoms with Crippen molar-refractivity contribution in [1.82, 2.24) is 20.1 Å². The molecule has 194 valence electrons. The number of hydrogen-bond donors (Lipinski definition) is 1. The molecule has 2 atom stereocenters. The van der Waals surface area contributed by atoms with Crippen molar-refractivity contribution in [3.8, 4) is 5.88 Å². The van der Waals surface area contributed by atoms with Gasteiger partial charge in [0.25, 0.3) is 0 Å². The van der Waals surface area contributed by atoms with Gasteiger partial charge in [-0.2, -0.15) is 18.3 Å². The average molecular weight is 515 g/mol. The van der Waals surface area contributed by atoms with Crippen molar-refractivity contribution in [2.24, 2.45) is 0 Å². The van der Waals surface area contributed by atoms with E-state index in [1.807, 2.05) is 18.2 Å². The highest BCUT2D eigenvalue weighted by Crippen LogP contribution is 2.54. The van der Waals surface area contributed by atoms with Crippen LogP contribution < -0.4 is 9.64 Å². The number of fused-ring (bicyclic) bond motifs is 3. The number of carbonyl (C=O) groups is 2. The van der Waals surface area contributed by atoms with Crippen molar-refractivity contribution in [2.45, 2.75) is 49.6 Å². The van der Waals surface area contributed by atoms with Crippen LogP contribution >= 0.6 is 0 Å². The van der Waals surface area contributed by atoms with E-state index in [4.69, 9.17) is 9.47 Å². The highest BCUT2D eigenvalue weighted by Gasteiger charge is 2.60. The second-order valence-corrected chi connectivity index (χ2v) is 9.75. The molecule has 1 aromatic carbocycles. The van der Waals surface area contributed by atoms with Crippen LogP contribution in [-0.4, -0.2) is 76.0 Å². The molecule has 3 aromatic rings. The normalized spacial score (nSPS) is 27.5. The Morgan fingerprint density at radius 2 is 2.03 bits per heavy atom. The minimum Gasteiger partial charge on any atom is -0.474 e. The van der Waals surface area contributed by atoms with Crippen molar-refractivity contribution in [2.75, 3.05) is 24.6 Å². The number of H-pyrrole nitrogens is 1. The molecule has 1 spiro atoms. The first kappa shape index (κ1) is 23.7. The number of nitrogens with zero attached hydrogens (tertiary/aromatic N) is 4. The highest BCUT2D eigenvalue weighted by molar-refractivity contribution is 6.11. The maximum Gasteiger partial charge on any atom is 0.416 e. The van der Waals surface area contributed by atoms with Gasteiger partial charge in [-0.05, 0) is 24.6 Å². The van der Waals surface area contributed by atoms with Gasteiger partial charge in [0.05, 0.1) is 29.8 Å². The third-order valence-electron chi connectivity index (χ3n) is 7.57. The Bertz CT molecular complexity index is 1370. The highest BCUT2D eigenvalue weighted by atomic mass is 19.4.